The van der Waals surface area contributed by atoms with E-state index in [0.717, 1.165) is 5.56 Å². The van der Waals surface area contributed by atoms with Gasteiger partial charge in [0.1, 0.15) is 6.04 Å². The van der Waals surface area contributed by atoms with Gasteiger partial charge in [-0.25, -0.2) is 4.79 Å². The number of carbonyl (C=O) groups is 2. The molecule has 0 bridgehead atoms. The molecule has 1 rings (SSSR count). The van der Waals surface area contributed by atoms with Crippen LogP contribution in [0, 0.1) is 5.92 Å². The zero-order valence-electron chi connectivity index (χ0n) is 13.0. The van der Waals surface area contributed by atoms with Crippen LogP contribution >= 0.6 is 0 Å². The third-order valence-electron chi connectivity index (χ3n) is 3.21. The number of hydrogen-bond acceptors (Lipinski definition) is 3. The Balaban J connectivity index is 2.70. The number of hydrogen-bond donors (Lipinski definition) is 2. The van der Waals surface area contributed by atoms with Crippen molar-refractivity contribution < 1.29 is 20.1 Å². The SMILES string of the molecule is COC(=O)[C@@H](Cc1ccccc1)NC(=O)[C@@H]([NH3+])CC(C)C. The van der Waals surface area contributed by atoms with Gasteiger partial charge in [0.15, 0.2) is 6.04 Å². The molecule has 0 saturated heterocycles. The third kappa shape index (κ3) is 5.95. The number of esters is 1. The normalized spacial score (nSPS) is 13.6. The smallest absolute Gasteiger partial charge is 0.328 e. The molecule has 0 radical (unpaired) electrons. The summed E-state index contributed by atoms with van der Waals surface area (Å²) in [6.07, 6.45) is 1.10. The molecule has 0 saturated carbocycles. The zero-order valence-corrected chi connectivity index (χ0v) is 13.0. The number of benzene rings is 1. The van der Waals surface area contributed by atoms with Crippen molar-refractivity contribution in [2.24, 2.45) is 5.92 Å². The topological polar surface area (TPSA) is 83.0 Å². The van der Waals surface area contributed by atoms with Gasteiger partial charge >= 0.3 is 5.97 Å². The summed E-state index contributed by atoms with van der Waals surface area (Å²) in [6, 6.07) is 8.48. The fourth-order valence-electron chi connectivity index (χ4n) is 2.15. The molecule has 0 unspecified atom stereocenters. The van der Waals surface area contributed by atoms with Crippen LogP contribution in [0.25, 0.3) is 0 Å². The predicted molar refractivity (Wildman–Crippen MR) is 80.2 cm³/mol. The minimum Gasteiger partial charge on any atom is -0.467 e. The van der Waals surface area contributed by atoms with E-state index in [4.69, 9.17) is 4.74 Å². The molecule has 5 nitrogen and oxygen atoms in total. The number of quaternary nitrogens is 1. The van der Waals surface area contributed by atoms with Crippen molar-refractivity contribution in [3.8, 4) is 0 Å². The maximum absolute atomic E-state index is 12.1. The van der Waals surface area contributed by atoms with Crippen molar-refractivity contribution in [1.82, 2.24) is 5.32 Å². The van der Waals surface area contributed by atoms with Crippen LogP contribution < -0.4 is 11.1 Å². The Hall–Kier alpha value is -1.88. The standard InChI is InChI=1S/C16H24N2O3/c1-11(2)9-13(17)15(19)18-14(16(20)21-3)10-12-7-5-4-6-8-12/h4-8,11,13-14H,9-10,17H2,1-3H3,(H,18,19)/p+1/t13-,14+/m0/s1. The van der Waals surface area contributed by atoms with E-state index in [9.17, 15) is 9.59 Å². The first kappa shape index (κ1) is 17.2. The Bertz CT molecular complexity index is 460. The first-order valence-corrected chi connectivity index (χ1v) is 7.19. The van der Waals surface area contributed by atoms with Crippen molar-refractivity contribution >= 4 is 11.9 Å². The van der Waals surface area contributed by atoms with Crippen LogP contribution in [0.15, 0.2) is 30.3 Å². The van der Waals surface area contributed by atoms with Gasteiger partial charge < -0.3 is 15.8 Å². The highest BCUT2D eigenvalue weighted by Crippen LogP contribution is 2.06. The fraction of sp³-hybridized carbons (Fsp3) is 0.500. The summed E-state index contributed by atoms with van der Waals surface area (Å²) in [7, 11) is 1.32. The van der Waals surface area contributed by atoms with E-state index < -0.39 is 12.0 Å². The highest BCUT2D eigenvalue weighted by molar-refractivity contribution is 5.86. The van der Waals surface area contributed by atoms with Crippen molar-refractivity contribution in [2.45, 2.75) is 38.8 Å². The van der Waals surface area contributed by atoms with E-state index in [1.807, 2.05) is 44.2 Å². The van der Waals surface area contributed by atoms with E-state index in [-0.39, 0.29) is 11.9 Å². The molecule has 1 aromatic carbocycles. The molecule has 0 aliphatic heterocycles. The van der Waals surface area contributed by atoms with Gasteiger partial charge in [-0.3, -0.25) is 4.79 Å². The molecule has 21 heavy (non-hydrogen) atoms. The molecule has 1 amide bonds. The monoisotopic (exact) mass is 293 g/mol. The first-order valence-electron chi connectivity index (χ1n) is 7.19. The second-order valence-corrected chi connectivity index (χ2v) is 5.60. The largest absolute Gasteiger partial charge is 0.467 e. The Kier molecular flexibility index (Phi) is 6.88. The van der Waals surface area contributed by atoms with Crippen LogP contribution in [0.5, 0.6) is 0 Å². The van der Waals surface area contributed by atoms with Crippen LogP contribution in [0.2, 0.25) is 0 Å². The average molecular weight is 293 g/mol. The third-order valence-corrected chi connectivity index (χ3v) is 3.21. The second kappa shape index (κ2) is 8.42. The number of rotatable bonds is 7. The number of amides is 1. The molecule has 4 N–H and O–H groups in total. The summed E-state index contributed by atoms with van der Waals surface area (Å²) < 4.78 is 4.77. The van der Waals surface area contributed by atoms with Crippen LogP contribution in [0.1, 0.15) is 25.8 Å². The van der Waals surface area contributed by atoms with Gasteiger partial charge in [-0.05, 0) is 11.5 Å². The Morgan fingerprint density at radius 3 is 2.38 bits per heavy atom. The number of methoxy groups -OCH3 is 1. The summed E-state index contributed by atoms with van der Waals surface area (Å²) in [4.78, 5) is 24.0. The molecule has 1 aromatic rings. The minimum absolute atomic E-state index is 0.213. The molecule has 2 atom stereocenters. The van der Waals surface area contributed by atoms with Gasteiger partial charge in [-0.2, -0.15) is 0 Å². The van der Waals surface area contributed by atoms with Crippen LogP contribution in [-0.2, 0) is 20.7 Å². The molecule has 0 spiro atoms. The number of carbonyl (C=O) groups excluding carboxylic acids is 2. The summed E-state index contributed by atoms with van der Waals surface area (Å²) in [5.41, 5.74) is 4.83. The van der Waals surface area contributed by atoms with Crippen molar-refractivity contribution in [2.75, 3.05) is 7.11 Å². The quantitative estimate of drug-likeness (QED) is 0.720. The van der Waals surface area contributed by atoms with Gasteiger partial charge in [-0.15, -0.1) is 0 Å². The van der Waals surface area contributed by atoms with Crippen molar-refractivity contribution in [1.29, 1.82) is 0 Å². The fourth-order valence-corrected chi connectivity index (χ4v) is 2.15. The lowest BCUT2D eigenvalue weighted by Crippen LogP contribution is -2.69. The van der Waals surface area contributed by atoms with Gasteiger partial charge in [0.05, 0.1) is 7.11 Å². The summed E-state index contributed by atoms with van der Waals surface area (Å²) in [5.74, 6) is -0.275. The van der Waals surface area contributed by atoms with E-state index in [1.54, 1.807) is 0 Å². The summed E-state index contributed by atoms with van der Waals surface area (Å²) in [6.45, 7) is 4.07. The molecular formula is C16H25N2O3+. The van der Waals surface area contributed by atoms with Gasteiger partial charge in [-0.1, -0.05) is 44.2 Å². The van der Waals surface area contributed by atoms with Crippen LogP contribution in [0.3, 0.4) is 0 Å². The minimum atomic E-state index is -0.679. The molecule has 0 fully saturated rings. The van der Waals surface area contributed by atoms with Gasteiger partial charge in [0.25, 0.3) is 5.91 Å². The lowest BCUT2D eigenvalue weighted by atomic mass is 10.0. The van der Waals surface area contributed by atoms with Crippen molar-refractivity contribution in [3.05, 3.63) is 35.9 Å². The van der Waals surface area contributed by atoms with E-state index in [2.05, 4.69) is 11.1 Å². The van der Waals surface area contributed by atoms with Gasteiger partial charge in [0.2, 0.25) is 0 Å². The first-order chi connectivity index (χ1) is 9.93. The van der Waals surface area contributed by atoms with E-state index >= 15 is 0 Å². The maximum atomic E-state index is 12.1. The molecule has 0 aromatic heterocycles. The number of ether oxygens (including phenoxy) is 1. The van der Waals surface area contributed by atoms with Gasteiger partial charge in [0, 0.05) is 12.8 Å². The van der Waals surface area contributed by atoms with Crippen LogP contribution in [-0.4, -0.2) is 31.1 Å². The highest BCUT2D eigenvalue weighted by Gasteiger charge is 2.26. The number of nitrogens with one attached hydrogen (secondary N) is 1. The molecular weight excluding hydrogens is 268 g/mol. The molecule has 0 heterocycles. The Morgan fingerprint density at radius 1 is 1.24 bits per heavy atom. The Morgan fingerprint density at radius 2 is 1.86 bits per heavy atom. The molecule has 0 aliphatic carbocycles. The average Bonchev–Trinajstić information content (AvgIpc) is 2.46. The Labute approximate surface area is 125 Å². The second-order valence-electron chi connectivity index (χ2n) is 5.60. The maximum Gasteiger partial charge on any atom is 0.328 e. The summed E-state index contributed by atoms with van der Waals surface area (Å²) >= 11 is 0. The summed E-state index contributed by atoms with van der Waals surface area (Å²) in [5, 5.41) is 2.75. The highest BCUT2D eigenvalue weighted by atomic mass is 16.5. The van der Waals surface area contributed by atoms with E-state index in [0.29, 0.717) is 18.8 Å². The molecule has 116 valence electrons. The van der Waals surface area contributed by atoms with E-state index in [1.165, 1.54) is 7.11 Å². The lowest BCUT2D eigenvalue weighted by Gasteiger charge is -2.18. The molecule has 5 heteroatoms. The predicted octanol–water partition coefficient (Wildman–Crippen LogP) is 0.544. The zero-order chi connectivity index (χ0) is 15.8. The lowest BCUT2D eigenvalue weighted by molar-refractivity contribution is -0.406. The van der Waals surface area contributed by atoms with Crippen LogP contribution in [0.4, 0.5) is 0 Å². The van der Waals surface area contributed by atoms with Crippen molar-refractivity contribution in [3.63, 3.8) is 0 Å². The molecule has 0 aliphatic rings.